The van der Waals surface area contributed by atoms with Gasteiger partial charge in [0.1, 0.15) is 43.2 Å². The molecular weight excluding hydrogens is 966 g/mol. The normalized spacial score (nSPS) is 29.4. The van der Waals surface area contributed by atoms with E-state index in [1.54, 1.807) is 65.8 Å². The number of ether oxygens (including phenoxy) is 2. The standard InChI is InChI=1S/C41H47FN10O10P2S2Si/c1-41(2,3)67(5,6)62-32-31-26(59-40(32)52-22-48-29-34(44-20-46-36(29)52)50-38(54)24-15-11-8-12-16-24)17-56-63(4,65)60-30-25(18-57-64(55,66)61-31)58-39(27(30)42)51-21-47-28-33(43-19-45-35(28)51)49-37(53)23-13-9-7-10-14-23/h7-16,19-22,25-27,30-32,39-40H,17-18H2,1-6H3,(H,55,66)(H,43,45,49,53)(H,44,46,50,54)/t25-,26-,27-,30-,31-,32-,39-,40-,63?,64?/m1/s1. The minimum atomic E-state index is -4.24. The van der Waals surface area contributed by atoms with Gasteiger partial charge < -0.3 is 43.0 Å². The highest BCUT2D eigenvalue weighted by molar-refractivity contribution is 8.09. The Morgan fingerprint density at radius 1 is 0.761 bits per heavy atom. The predicted octanol–water partition coefficient (Wildman–Crippen LogP) is 6.67. The zero-order valence-corrected chi connectivity index (χ0v) is 41.3. The number of hydrogen-bond donors (Lipinski definition) is 3. The first-order chi connectivity index (χ1) is 31.8. The van der Waals surface area contributed by atoms with Gasteiger partial charge >= 0.3 is 6.72 Å². The summed E-state index contributed by atoms with van der Waals surface area (Å²) in [4.78, 5) is 64.3. The highest BCUT2D eigenvalue weighted by atomic mass is 32.5. The van der Waals surface area contributed by atoms with Crippen LogP contribution in [0.1, 0.15) is 53.9 Å². The largest absolute Gasteiger partial charge is 0.407 e. The van der Waals surface area contributed by atoms with E-state index in [0.29, 0.717) is 16.8 Å². The van der Waals surface area contributed by atoms with E-state index in [1.165, 1.54) is 29.9 Å². The lowest BCUT2D eigenvalue weighted by Crippen LogP contribution is -2.49. The van der Waals surface area contributed by atoms with Crippen molar-refractivity contribution < 1.29 is 50.9 Å². The number of rotatable bonds is 8. The number of imidazole rings is 2. The second-order valence-electron chi connectivity index (χ2n) is 17.6. The molecule has 3 aliphatic rings. The summed E-state index contributed by atoms with van der Waals surface area (Å²) >= 11 is 11.6. The lowest BCUT2D eigenvalue weighted by Gasteiger charge is -2.41. The minimum absolute atomic E-state index is 0.102. The number of nitrogens with one attached hydrogen (secondary N) is 2. The smallest absolute Gasteiger partial charge is 0.325 e. The van der Waals surface area contributed by atoms with Gasteiger partial charge in [0.2, 0.25) is 0 Å². The number of aromatic nitrogens is 8. The van der Waals surface area contributed by atoms with E-state index in [0.717, 1.165) is 0 Å². The molecule has 10 atom stereocenters. The van der Waals surface area contributed by atoms with Crippen LogP contribution in [-0.4, -0.2) is 121 Å². The third-order valence-electron chi connectivity index (χ3n) is 12.0. The van der Waals surface area contributed by atoms with E-state index >= 15 is 4.39 Å². The van der Waals surface area contributed by atoms with Crippen molar-refractivity contribution in [1.29, 1.82) is 0 Å². The Labute approximate surface area is 394 Å². The van der Waals surface area contributed by atoms with Gasteiger partial charge in [-0.2, -0.15) is 0 Å². The highest BCUT2D eigenvalue weighted by Gasteiger charge is 2.55. The van der Waals surface area contributed by atoms with Crippen LogP contribution in [0.2, 0.25) is 18.1 Å². The van der Waals surface area contributed by atoms with Crippen LogP contribution >= 0.6 is 13.2 Å². The van der Waals surface area contributed by atoms with E-state index in [-0.39, 0.29) is 40.0 Å². The summed E-state index contributed by atoms with van der Waals surface area (Å²) in [7, 11) is -2.69. The fourth-order valence-electron chi connectivity index (χ4n) is 7.62. The third kappa shape index (κ3) is 9.78. The lowest BCUT2D eigenvalue weighted by molar-refractivity contribution is -0.0554. The van der Waals surface area contributed by atoms with Crippen molar-refractivity contribution in [3.63, 3.8) is 0 Å². The second-order valence-corrected chi connectivity index (χ2v) is 29.2. The molecule has 3 aliphatic heterocycles. The zero-order valence-electron chi connectivity index (χ0n) is 36.9. The van der Waals surface area contributed by atoms with E-state index < -0.39 is 89.1 Å². The maximum absolute atomic E-state index is 16.9. The van der Waals surface area contributed by atoms with Crippen LogP contribution in [0.5, 0.6) is 0 Å². The Morgan fingerprint density at radius 2 is 1.25 bits per heavy atom. The van der Waals surface area contributed by atoms with Crippen LogP contribution in [0.25, 0.3) is 22.3 Å². The van der Waals surface area contributed by atoms with Crippen molar-refractivity contribution in [2.24, 2.45) is 0 Å². The Bertz CT molecular complexity index is 2920. The number of carbonyl (C=O) groups is 2. The molecule has 26 heteroatoms. The lowest BCUT2D eigenvalue weighted by atomic mass is 10.1. The van der Waals surface area contributed by atoms with Gasteiger partial charge in [-0.3, -0.25) is 23.2 Å². The molecule has 7 heterocycles. The Kier molecular flexibility index (Phi) is 13.2. The monoisotopic (exact) mass is 1010 g/mol. The van der Waals surface area contributed by atoms with E-state index in [4.69, 9.17) is 55.6 Å². The highest BCUT2D eigenvalue weighted by Crippen LogP contribution is 2.55. The van der Waals surface area contributed by atoms with Gasteiger partial charge in [-0.25, -0.2) is 34.3 Å². The maximum Gasteiger partial charge on any atom is 0.325 e. The summed E-state index contributed by atoms with van der Waals surface area (Å²) < 4.78 is 65.0. The molecule has 9 rings (SSSR count). The fourth-order valence-corrected chi connectivity index (χ4v) is 12.0. The SMILES string of the molecule is CC(C)(C)[Si](C)(C)O[C@@H]1[C@@H]2OP(O)(=S)OC[C@H]3O[C@@H](n4cnc5c(NC(=O)c6ccccc6)ncnc54)[C@H](F)[C@@H]3OP(C)(=S)OC[C@H]2O[C@H]1n1cnc2c(NC(=O)c3ccccc3)ncnc21. The van der Waals surface area contributed by atoms with Crippen LogP contribution < -0.4 is 10.6 Å². The topological polar surface area (TPSA) is 230 Å². The molecule has 3 saturated heterocycles. The van der Waals surface area contributed by atoms with Crippen molar-refractivity contribution in [3.8, 4) is 0 Å². The number of fused-ring (bicyclic) bond motifs is 4. The molecule has 20 nitrogen and oxygen atoms in total. The van der Waals surface area contributed by atoms with E-state index in [2.05, 4.69) is 74.4 Å². The number of halogens is 1. The Balaban J connectivity index is 1.00. The van der Waals surface area contributed by atoms with E-state index in [1.807, 2.05) is 6.07 Å². The van der Waals surface area contributed by atoms with Gasteiger partial charge in [-0.05, 0) is 66.0 Å². The molecule has 67 heavy (non-hydrogen) atoms. The Morgan fingerprint density at radius 3 is 1.79 bits per heavy atom. The van der Waals surface area contributed by atoms with Crippen LogP contribution in [0.3, 0.4) is 0 Å². The average molecular weight is 1010 g/mol. The van der Waals surface area contributed by atoms with Gasteiger partial charge in [-0.1, -0.05) is 57.2 Å². The van der Waals surface area contributed by atoms with Crippen LogP contribution in [0.4, 0.5) is 16.0 Å². The molecule has 0 bridgehead atoms. The molecule has 6 aromatic rings. The molecule has 0 spiro atoms. The van der Waals surface area contributed by atoms with Crippen molar-refractivity contribution in [3.05, 3.63) is 97.1 Å². The minimum Gasteiger partial charge on any atom is -0.407 e. The first-order valence-electron chi connectivity index (χ1n) is 21.1. The number of carbonyl (C=O) groups excluding carboxylic acids is 2. The van der Waals surface area contributed by atoms with Gasteiger partial charge in [0.15, 0.2) is 67.4 Å². The van der Waals surface area contributed by atoms with Crippen molar-refractivity contribution in [2.45, 2.75) is 88.1 Å². The molecule has 3 N–H and O–H groups in total. The summed E-state index contributed by atoms with van der Waals surface area (Å²) in [6.07, 6.45) is -4.70. The van der Waals surface area contributed by atoms with Crippen molar-refractivity contribution in [2.75, 3.05) is 30.5 Å². The first kappa shape index (κ1) is 47.7. The zero-order chi connectivity index (χ0) is 47.5. The molecule has 0 aliphatic carbocycles. The first-order valence-corrected chi connectivity index (χ1v) is 29.6. The number of benzene rings is 2. The molecular formula is C41H47FN10O10P2S2Si. The summed E-state index contributed by atoms with van der Waals surface area (Å²) in [6, 6.07) is 17.2. The van der Waals surface area contributed by atoms with Crippen LogP contribution in [0.15, 0.2) is 86.0 Å². The van der Waals surface area contributed by atoms with Gasteiger partial charge in [-0.15, -0.1) is 0 Å². The fraction of sp³-hybridized carbons (Fsp3) is 0.415. The van der Waals surface area contributed by atoms with Crippen molar-refractivity contribution >= 4 is 90.9 Å². The number of amides is 2. The quantitative estimate of drug-likeness (QED) is 0.107. The summed E-state index contributed by atoms with van der Waals surface area (Å²) in [5.41, 5.74) is 1.73. The van der Waals surface area contributed by atoms with Crippen LogP contribution in [0, 0.1) is 0 Å². The van der Waals surface area contributed by atoms with Gasteiger partial charge in [0.05, 0.1) is 25.9 Å². The summed E-state index contributed by atoms with van der Waals surface area (Å²) in [6.45, 7) is 3.54. The molecule has 0 radical (unpaired) electrons. The molecule has 3 fully saturated rings. The molecule has 354 valence electrons. The summed E-state index contributed by atoms with van der Waals surface area (Å²) in [5, 5.41) is 5.25. The van der Waals surface area contributed by atoms with Crippen LogP contribution in [-0.2, 0) is 55.6 Å². The van der Waals surface area contributed by atoms with Gasteiger partial charge in [0.25, 0.3) is 11.8 Å². The second kappa shape index (κ2) is 18.5. The molecule has 2 amide bonds. The predicted molar refractivity (Wildman–Crippen MR) is 253 cm³/mol. The summed E-state index contributed by atoms with van der Waals surface area (Å²) in [5.74, 6) is -0.554. The number of nitrogens with zero attached hydrogens (tertiary/aromatic N) is 8. The molecule has 0 saturated carbocycles. The Hall–Kier alpha value is -4.39. The van der Waals surface area contributed by atoms with Gasteiger partial charge in [0, 0.05) is 17.8 Å². The number of alkyl halides is 1. The maximum atomic E-state index is 16.9. The third-order valence-corrected chi connectivity index (χ3v) is 19.9. The molecule has 4 aromatic heterocycles. The van der Waals surface area contributed by atoms with Crippen molar-refractivity contribution in [1.82, 2.24) is 39.0 Å². The molecule has 2 unspecified atom stereocenters. The average Bonchev–Trinajstić information content (AvgIpc) is 4.06. The van der Waals surface area contributed by atoms with E-state index in [9.17, 15) is 14.5 Å². The number of hydrogen-bond acceptors (Lipinski definition) is 17. The molecule has 2 aromatic carbocycles. The number of anilines is 2.